The predicted molar refractivity (Wildman–Crippen MR) is 79.1 cm³/mol. The van der Waals surface area contributed by atoms with E-state index in [-0.39, 0.29) is 17.5 Å². The third-order valence-electron chi connectivity index (χ3n) is 2.84. The van der Waals surface area contributed by atoms with Crippen molar-refractivity contribution in [3.63, 3.8) is 0 Å². The molecule has 0 aromatic carbocycles. The van der Waals surface area contributed by atoms with Gasteiger partial charge in [0.1, 0.15) is 10.7 Å². The molecule has 20 heavy (non-hydrogen) atoms. The summed E-state index contributed by atoms with van der Waals surface area (Å²) >= 11 is 0. The van der Waals surface area contributed by atoms with Crippen LogP contribution in [0.1, 0.15) is 20.3 Å². The van der Waals surface area contributed by atoms with Gasteiger partial charge in [0.15, 0.2) is 0 Å². The molecule has 7 heteroatoms. The van der Waals surface area contributed by atoms with Gasteiger partial charge < -0.3 is 10.4 Å². The summed E-state index contributed by atoms with van der Waals surface area (Å²) in [5, 5.41) is 12.4. The Hall–Kier alpha value is -1.18. The minimum Gasteiger partial charge on any atom is -0.394 e. The monoisotopic (exact) mass is 301 g/mol. The van der Waals surface area contributed by atoms with Crippen LogP contribution in [-0.2, 0) is 10.0 Å². The van der Waals surface area contributed by atoms with Crippen molar-refractivity contribution in [2.24, 2.45) is 5.92 Å². The molecule has 0 bridgehead atoms. The van der Waals surface area contributed by atoms with Crippen LogP contribution in [0.3, 0.4) is 0 Å². The molecule has 1 atom stereocenters. The van der Waals surface area contributed by atoms with Crippen LogP contribution in [0, 0.1) is 5.92 Å². The number of sulfonamides is 1. The maximum Gasteiger partial charge on any atom is 0.244 e. The van der Waals surface area contributed by atoms with Crippen molar-refractivity contribution >= 4 is 15.8 Å². The van der Waals surface area contributed by atoms with Gasteiger partial charge in [-0.1, -0.05) is 13.8 Å². The number of pyridine rings is 1. The topological polar surface area (TPSA) is 82.5 Å². The summed E-state index contributed by atoms with van der Waals surface area (Å²) in [6.07, 6.45) is 2.14. The quantitative estimate of drug-likeness (QED) is 0.789. The lowest BCUT2D eigenvalue weighted by Crippen LogP contribution is -2.26. The SMILES string of the molecule is CC(C)CC(CO)Nc1ccc(S(=O)(=O)N(C)C)cn1. The Morgan fingerprint density at radius 2 is 2.00 bits per heavy atom. The van der Waals surface area contributed by atoms with Gasteiger partial charge in [0, 0.05) is 20.3 Å². The van der Waals surface area contributed by atoms with Crippen LogP contribution in [0.25, 0.3) is 0 Å². The van der Waals surface area contributed by atoms with Crippen LogP contribution in [0.15, 0.2) is 23.2 Å². The molecule has 0 saturated heterocycles. The van der Waals surface area contributed by atoms with Crippen LogP contribution in [-0.4, -0.2) is 49.6 Å². The van der Waals surface area contributed by atoms with Crippen LogP contribution in [0.2, 0.25) is 0 Å². The summed E-state index contributed by atoms with van der Waals surface area (Å²) in [7, 11) is -0.497. The van der Waals surface area contributed by atoms with E-state index in [1.807, 2.05) is 0 Å². The maximum atomic E-state index is 11.9. The van der Waals surface area contributed by atoms with E-state index in [4.69, 9.17) is 0 Å². The minimum atomic E-state index is -3.45. The molecule has 1 aromatic rings. The molecular formula is C13H23N3O3S. The Balaban J connectivity index is 2.81. The molecule has 2 N–H and O–H groups in total. The van der Waals surface area contributed by atoms with Gasteiger partial charge in [0.25, 0.3) is 0 Å². The lowest BCUT2D eigenvalue weighted by Gasteiger charge is -2.19. The lowest BCUT2D eigenvalue weighted by atomic mass is 10.0. The van der Waals surface area contributed by atoms with E-state index in [2.05, 4.69) is 24.1 Å². The molecule has 1 heterocycles. The molecule has 6 nitrogen and oxygen atoms in total. The Kier molecular flexibility index (Phi) is 5.91. The van der Waals surface area contributed by atoms with Crippen molar-refractivity contribution in [2.75, 3.05) is 26.0 Å². The number of rotatable bonds is 7. The summed E-state index contributed by atoms with van der Waals surface area (Å²) in [6, 6.07) is 3.03. The molecule has 1 unspecified atom stereocenters. The van der Waals surface area contributed by atoms with Crippen molar-refractivity contribution in [1.82, 2.24) is 9.29 Å². The molecule has 0 fully saturated rings. The average molecular weight is 301 g/mol. The fourth-order valence-electron chi connectivity index (χ4n) is 1.79. The Labute approximate surface area is 120 Å². The van der Waals surface area contributed by atoms with Crippen molar-refractivity contribution < 1.29 is 13.5 Å². The second-order valence-electron chi connectivity index (χ2n) is 5.32. The number of aromatic nitrogens is 1. The number of aliphatic hydroxyl groups excluding tert-OH is 1. The third kappa shape index (κ3) is 4.43. The molecule has 0 amide bonds. The standard InChI is InChI=1S/C13H23N3O3S/c1-10(2)7-11(9-17)15-13-6-5-12(8-14-13)20(18,19)16(3)4/h5-6,8,10-11,17H,7,9H2,1-4H3,(H,14,15). The molecule has 0 spiro atoms. The van der Waals surface area contributed by atoms with Gasteiger partial charge >= 0.3 is 0 Å². The molecule has 0 aliphatic heterocycles. The number of hydrogen-bond donors (Lipinski definition) is 2. The average Bonchev–Trinajstić information content (AvgIpc) is 2.37. The van der Waals surface area contributed by atoms with Gasteiger partial charge in [-0.05, 0) is 24.5 Å². The van der Waals surface area contributed by atoms with E-state index in [1.165, 1.54) is 26.4 Å². The van der Waals surface area contributed by atoms with E-state index in [0.717, 1.165) is 10.7 Å². The molecule has 0 radical (unpaired) electrons. The fourth-order valence-corrected chi connectivity index (χ4v) is 2.63. The van der Waals surface area contributed by atoms with E-state index in [1.54, 1.807) is 6.07 Å². The number of aliphatic hydroxyl groups is 1. The van der Waals surface area contributed by atoms with Crippen molar-refractivity contribution in [3.8, 4) is 0 Å². The van der Waals surface area contributed by atoms with Crippen molar-refractivity contribution in [3.05, 3.63) is 18.3 Å². The van der Waals surface area contributed by atoms with Gasteiger partial charge in [-0.2, -0.15) is 0 Å². The molecule has 0 aliphatic carbocycles. The predicted octanol–water partition coefficient (Wildman–Crippen LogP) is 1.15. The largest absolute Gasteiger partial charge is 0.394 e. The highest BCUT2D eigenvalue weighted by Crippen LogP contribution is 2.15. The minimum absolute atomic E-state index is 0.0115. The second kappa shape index (κ2) is 7.01. The van der Waals surface area contributed by atoms with Gasteiger partial charge in [-0.15, -0.1) is 0 Å². The van der Waals surface area contributed by atoms with Crippen molar-refractivity contribution in [2.45, 2.75) is 31.2 Å². The highest BCUT2D eigenvalue weighted by Gasteiger charge is 2.17. The van der Waals surface area contributed by atoms with Gasteiger partial charge in [0.2, 0.25) is 10.0 Å². The fraction of sp³-hybridized carbons (Fsp3) is 0.615. The summed E-state index contributed by atoms with van der Waals surface area (Å²) in [4.78, 5) is 4.24. The Morgan fingerprint density at radius 1 is 1.35 bits per heavy atom. The first kappa shape index (κ1) is 16.9. The summed E-state index contributed by atoms with van der Waals surface area (Å²) in [5.74, 6) is 1.01. The van der Waals surface area contributed by atoms with Gasteiger partial charge in [-0.3, -0.25) is 0 Å². The normalized spacial score (nSPS) is 13.8. The molecule has 0 saturated carbocycles. The highest BCUT2D eigenvalue weighted by atomic mass is 32.2. The zero-order valence-electron chi connectivity index (χ0n) is 12.4. The molecule has 0 aliphatic rings. The zero-order valence-corrected chi connectivity index (χ0v) is 13.2. The number of anilines is 1. The highest BCUT2D eigenvalue weighted by molar-refractivity contribution is 7.89. The van der Waals surface area contributed by atoms with Crippen molar-refractivity contribution in [1.29, 1.82) is 0 Å². The number of nitrogens with one attached hydrogen (secondary N) is 1. The van der Waals surface area contributed by atoms with Crippen LogP contribution in [0.5, 0.6) is 0 Å². The van der Waals surface area contributed by atoms with E-state index < -0.39 is 10.0 Å². The van der Waals surface area contributed by atoms with Gasteiger partial charge in [0.05, 0.1) is 12.6 Å². The first-order valence-corrected chi connectivity index (χ1v) is 7.97. The van der Waals surface area contributed by atoms with Gasteiger partial charge in [-0.25, -0.2) is 17.7 Å². The zero-order chi connectivity index (χ0) is 15.3. The lowest BCUT2D eigenvalue weighted by molar-refractivity contribution is 0.259. The molecule has 1 rings (SSSR count). The second-order valence-corrected chi connectivity index (χ2v) is 7.47. The summed E-state index contributed by atoms with van der Waals surface area (Å²) < 4.78 is 24.9. The van der Waals surface area contributed by atoms with E-state index in [9.17, 15) is 13.5 Å². The summed E-state index contributed by atoms with van der Waals surface area (Å²) in [5.41, 5.74) is 0. The van der Waals surface area contributed by atoms with E-state index >= 15 is 0 Å². The molecule has 114 valence electrons. The molecule has 1 aromatic heterocycles. The number of hydrogen-bond acceptors (Lipinski definition) is 5. The van der Waals surface area contributed by atoms with Crippen LogP contribution >= 0.6 is 0 Å². The maximum absolute atomic E-state index is 11.9. The van der Waals surface area contributed by atoms with Crippen LogP contribution in [0.4, 0.5) is 5.82 Å². The Bertz CT molecular complexity index is 512. The molecular weight excluding hydrogens is 278 g/mol. The smallest absolute Gasteiger partial charge is 0.244 e. The first-order valence-electron chi connectivity index (χ1n) is 6.53. The van der Waals surface area contributed by atoms with E-state index in [0.29, 0.717) is 11.7 Å². The number of nitrogens with zero attached hydrogens (tertiary/aromatic N) is 2. The first-order chi connectivity index (χ1) is 9.27. The summed E-state index contributed by atoms with van der Waals surface area (Å²) in [6.45, 7) is 4.16. The Morgan fingerprint density at radius 3 is 2.40 bits per heavy atom. The third-order valence-corrected chi connectivity index (χ3v) is 4.64. The van der Waals surface area contributed by atoms with Crippen LogP contribution < -0.4 is 5.32 Å².